The highest BCUT2D eigenvalue weighted by atomic mass is 16.6. The fraction of sp³-hybridized carbons (Fsp3) is 0.818. The van der Waals surface area contributed by atoms with Gasteiger partial charge in [0.25, 0.3) is 0 Å². The summed E-state index contributed by atoms with van der Waals surface area (Å²) in [6, 6.07) is 0. The summed E-state index contributed by atoms with van der Waals surface area (Å²) in [6.45, 7) is 6.13. The zero-order valence-corrected chi connectivity index (χ0v) is 10.6. The minimum absolute atomic E-state index is 0.186. The minimum atomic E-state index is -0.780. The van der Waals surface area contributed by atoms with Crippen LogP contribution in [0.25, 0.3) is 0 Å². The summed E-state index contributed by atoms with van der Waals surface area (Å²) >= 11 is 0. The molecule has 6 heteroatoms. The van der Waals surface area contributed by atoms with E-state index in [2.05, 4.69) is 10.6 Å². The average Bonchev–Trinajstić information content (AvgIpc) is 2.91. The highest BCUT2D eigenvalue weighted by molar-refractivity contribution is 5.92. The standard InChI is InChI=1S/C11H21N3O3/c1-10(2,3)17-9(16)14-11(4-5-11)8(15)13-7-6-12/h4-7,12H2,1-3H3,(H,13,15)(H,14,16). The van der Waals surface area contributed by atoms with Crippen molar-refractivity contribution in [1.29, 1.82) is 0 Å². The van der Waals surface area contributed by atoms with Crippen LogP contribution in [-0.2, 0) is 9.53 Å². The fourth-order valence-corrected chi connectivity index (χ4v) is 1.39. The van der Waals surface area contributed by atoms with Crippen molar-refractivity contribution >= 4 is 12.0 Å². The van der Waals surface area contributed by atoms with Crippen LogP contribution in [0.5, 0.6) is 0 Å². The van der Waals surface area contributed by atoms with Crippen LogP contribution in [0.1, 0.15) is 33.6 Å². The highest BCUT2D eigenvalue weighted by Gasteiger charge is 2.51. The molecular formula is C11H21N3O3. The van der Waals surface area contributed by atoms with Crippen molar-refractivity contribution in [2.75, 3.05) is 13.1 Å². The van der Waals surface area contributed by atoms with E-state index in [1.54, 1.807) is 20.8 Å². The monoisotopic (exact) mass is 243 g/mol. The third kappa shape index (κ3) is 4.22. The van der Waals surface area contributed by atoms with Gasteiger partial charge in [0.1, 0.15) is 11.1 Å². The van der Waals surface area contributed by atoms with Crippen LogP contribution in [0.2, 0.25) is 0 Å². The average molecular weight is 243 g/mol. The normalized spacial score (nSPS) is 17.2. The summed E-state index contributed by atoms with van der Waals surface area (Å²) in [5, 5.41) is 5.29. The molecule has 2 amide bonds. The van der Waals surface area contributed by atoms with Gasteiger partial charge >= 0.3 is 6.09 Å². The van der Waals surface area contributed by atoms with Crippen LogP contribution in [-0.4, -0.2) is 36.2 Å². The van der Waals surface area contributed by atoms with E-state index in [0.29, 0.717) is 25.9 Å². The number of hydrogen-bond donors (Lipinski definition) is 3. The lowest BCUT2D eigenvalue weighted by Crippen LogP contribution is -2.51. The quantitative estimate of drug-likeness (QED) is 0.653. The van der Waals surface area contributed by atoms with E-state index in [-0.39, 0.29) is 5.91 Å². The maximum absolute atomic E-state index is 11.8. The van der Waals surface area contributed by atoms with Crippen LogP contribution in [0.15, 0.2) is 0 Å². The van der Waals surface area contributed by atoms with Gasteiger partial charge in [0, 0.05) is 13.1 Å². The SMILES string of the molecule is CC(C)(C)OC(=O)NC1(C(=O)NCCN)CC1. The molecule has 0 radical (unpaired) electrons. The van der Waals surface area contributed by atoms with E-state index in [4.69, 9.17) is 10.5 Å². The van der Waals surface area contributed by atoms with Crippen molar-refractivity contribution < 1.29 is 14.3 Å². The minimum Gasteiger partial charge on any atom is -0.444 e. The molecule has 0 aromatic heterocycles. The van der Waals surface area contributed by atoms with Crippen molar-refractivity contribution in [1.82, 2.24) is 10.6 Å². The predicted molar refractivity (Wildman–Crippen MR) is 63.4 cm³/mol. The Bertz CT molecular complexity index is 306. The summed E-state index contributed by atoms with van der Waals surface area (Å²) in [7, 11) is 0. The Balaban J connectivity index is 2.45. The first-order valence-corrected chi connectivity index (χ1v) is 5.79. The second-order valence-corrected chi connectivity index (χ2v) is 5.25. The molecule has 0 aliphatic heterocycles. The third-order valence-corrected chi connectivity index (χ3v) is 2.35. The first-order chi connectivity index (χ1) is 7.79. The molecule has 17 heavy (non-hydrogen) atoms. The first kappa shape index (κ1) is 13.8. The topological polar surface area (TPSA) is 93.4 Å². The van der Waals surface area contributed by atoms with E-state index in [1.165, 1.54) is 0 Å². The second-order valence-electron chi connectivity index (χ2n) is 5.25. The number of amides is 2. The molecule has 0 aromatic carbocycles. The lowest BCUT2D eigenvalue weighted by molar-refractivity contribution is -0.124. The Hall–Kier alpha value is -1.30. The van der Waals surface area contributed by atoms with E-state index >= 15 is 0 Å². The van der Waals surface area contributed by atoms with Gasteiger partial charge in [-0.3, -0.25) is 4.79 Å². The Kier molecular flexibility index (Phi) is 3.98. The van der Waals surface area contributed by atoms with Gasteiger partial charge in [0.2, 0.25) is 5.91 Å². The number of nitrogens with one attached hydrogen (secondary N) is 2. The van der Waals surface area contributed by atoms with Crippen LogP contribution in [0.4, 0.5) is 4.79 Å². The molecule has 0 aromatic rings. The highest BCUT2D eigenvalue weighted by Crippen LogP contribution is 2.35. The van der Waals surface area contributed by atoms with Gasteiger partial charge in [-0.1, -0.05) is 0 Å². The van der Waals surface area contributed by atoms with Gasteiger partial charge in [-0.2, -0.15) is 0 Å². The van der Waals surface area contributed by atoms with Gasteiger partial charge in [-0.15, -0.1) is 0 Å². The van der Waals surface area contributed by atoms with Crippen molar-refractivity contribution in [3.63, 3.8) is 0 Å². The molecular weight excluding hydrogens is 222 g/mol. The first-order valence-electron chi connectivity index (χ1n) is 5.79. The van der Waals surface area contributed by atoms with Crippen molar-refractivity contribution in [2.45, 2.75) is 44.8 Å². The molecule has 1 saturated carbocycles. The van der Waals surface area contributed by atoms with Crippen LogP contribution in [0.3, 0.4) is 0 Å². The molecule has 6 nitrogen and oxygen atoms in total. The Morgan fingerprint density at radius 1 is 1.35 bits per heavy atom. The van der Waals surface area contributed by atoms with E-state index in [0.717, 1.165) is 0 Å². The van der Waals surface area contributed by atoms with Crippen LogP contribution >= 0.6 is 0 Å². The number of hydrogen-bond acceptors (Lipinski definition) is 4. The summed E-state index contributed by atoms with van der Waals surface area (Å²) in [6.07, 6.45) is 0.726. The summed E-state index contributed by atoms with van der Waals surface area (Å²) in [5.74, 6) is -0.186. The molecule has 1 fully saturated rings. The lowest BCUT2D eigenvalue weighted by atomic mass is 10.2. The van der Waals surface area contributed by atoms with Gasteiger partial charge in [0.15, 0.2) is 0 Å². The largest absolute Gasteiger partial charge is 0.444 e. The zero-order valence-electron chi connectivity index (χ0n) is 10.6. The maximum atomic E-state index is 11.8. The van der Waals surface area contributed by atoms with Gasteiger partial charge in [-0.05, 0) is 33.6 Å². The summed E-state index contributed by atoms with van der Waals surface area (Å²) in [4.78, 5) is 23.3. The van der Waals surface area contributed by atoms with E-state index < -0.39 is 17.2 Å². The van der Waals surface area contributed by atoms with Crippen molar-refractivity contribution in [3.8, 4) is 0 Å². The lowest BCUT2D eigenvalue weighted by Gasteiger charge is -2.23. The molecule has 1 aliphatic rings. The number of ether oxygens (including phenoxy) is 1. The summed E-state index contributed by atoms with van der Waals surface area (Å²) < 4.78 is 5.11. The van der Waals surface area contributed by atoms with Crippen molar-refractivity contribution in [3.05, 3.63) is 0 Å². The van der Waals surface area contributed by atoms with Gasteiger partial charge < -0.3 is 21.1 Å². The van der Waals surface area contributed by atoms with E-state index in [1.807, 2.05) is 0 Å². The number of rotatable bonds is 4. The number of carbonyl (C=O) groups excluding carboxylic acids is 2. The number of nitrogens with two attached hydrogens (primary N) is 1. The molecule has 1 aliphatic carbocycles. The number of carbonyl (C=O) groups is 2. The van der Waals surface area contributed by atoms with Crippen molar-refractivity contribution in [2.24, 2.45) is 5.73 Å². The summed E-state index contributed by atoms with van der Waals surface area (Å²) in [5.41, 5.74) is 3.96. The van der Waals surface area contributed by atoms with Crippen LogP contribution < -0.4 is 16.4 Å². The molecule has 98 valence electrons. The molecule has 0 saturated heterocycles. The van der Waals surface area contributed by atoms with Crippen LogP contribution in [0, 0.1) is 0 Å². The molecule has 0 unspecified atom stereocenters. The Labute approximate surface area is 101 Å². The fourth-order valence-electron chi connectivity index (χ4n) is 1.39. The predicted octanol–water partition coefficient (Wildman–Crippen LogP) is 0.119. The molecule has 0 atom stereocenters. The maximum Gasteiger partial charge on any atom is 0.408 e. The van der Waals surface area contributed by atoms with E-state index in [9.17, 15) is 9.59 Å². The van der Waals surface area contributed by atoms with Gasteiger partial charge in [0.05, 0.1) is 0 Å². The number of alkyl carbamates (subject to hydrolysis) is 1. The Morgan fingerprint density at radius 3 is 2.35 bits per heavy atom. The molecule has 0 heterocycles. The molecule has 0 bridgehead atoms. The third-order valence-electron chi connectivity index (χ3n) is 2.35. The van der Waals surface area contributed by atoms with Gasteiger partial charge in [-0.25, -0.2) is 4.79 Å². The Morgan fingerprint density at radius 2 is 1.94 bits per heavy atom. The zero-order chi connectivity index (χ0) is 13.1. The second kappa shape index (κ2) is 4.91. The molecule has 0 spiro atoms. The smallest absolute Gasteiger partial charge is 0.408 e. The molecule has 1 rings (SSSR count). The molecule has 4 N–H and O–H groups in total.